The van der Waals surface area contributed by atoms with Crippen LogP contribution in [0.15, 0.2) is 90.5 Å². The minimum Gasteiger partial charge on any atom is -0.493 e. The van der Waals surface area contributed by atoms with E-state index < -0.39 is 5.91 Å². The highest BCUT2D eigenvalue weighted by molar-refractivity contribution is 6.09. The molecular weight excluding hydrogens is 424 g/mol. The van der Waals surface area contributed by atoms with Crippen LogP contribution in [0.1, 0.15) is 16.7 Å². The SMILES string of the molecule is COc1cccc(/C=C(\C#N)C(=O)Nc2ccc(C)cc2)c1OCc1cccc2ccccc12. The molecule has 0 saturated carbocycles. The zero-order valence-corrected chi connectivity index (χ0v) is 19.0. The number of ether oxygens (including phenoxy) is 2. The lowest BCUT2D eigenvalue weighted by atomic mass is 10.1. The number of carbonyl (C=O) groups is 1. The zero-order valence-electron chi connectivity index (χ0n) is 19.0. The number of fused-ring (bicyclic) bond motifs is 1. The van der Waals surface area contributed by atoms with Gasteiger partial charge in [0.15, 0.2) is 11.5 Å². The van der Waals surface area contributed by atoms with E-state index in [2.05, 4.69) is 23.5 Å². The largest absolute Gasteiger partial charge is 0.493 e. The molecule has 0 atom stereocenters. The third kappa shape index (κ3) is 5.08. The average Bonchev–Trinajstić information content (AvgIpc) is 2.87. The molecule has 0 aromatic heterocycles. The Kier molecular flexibility index (Phi) is 6.90. The molecule has 0 unspecified atom stereocenters. The third-order valence-corrected chi connectivity index (χ3v) is 5.46. The molecule has 0 spiro atoms. The Labute approximate surface area is 198 Å². The van der Waals surface area contributed by atoms with Crippen molar-refractivity contribution in [3.05, 3.63) is 107 Å². The number of carbonyl (C=O) groups excluding carboxylic acids is 1. The summed E-state index contributed by atoms with van der Waals surface area (Å²) >= 11 is 0. The third-order valence-electron chi connectivity index (χ3n) is 5.46. The summed E-state index contributed by atoms with van der Waals surface area (Å²) in [4.78, 5) is 12.8. The number of methoxy groups -OCH3 is 1. The van der Waals surface area contributed by atoms with Crippen molar-refractivity contribution in [2.24, 2.45) is 0 Å². The second-order valence-corrected chi connectivity index (χ2v) is 7.80. The predicted octanol–water partition coefficient (Wildman–Crippen LogP) is 6.28. The summed E-state index contributed by atoms with van der Waals surface area (Å²) < 4.78 is 11.7. The van der Waals surface area contributed by atoms with Gasteiger partial charge in [-0.05, 0) is 47.5 Å². The van der Waals surface area contributed by atoms with Crippen molar-refractivity contribution in [1.29, 1.82) is 5.26 Å². The van der Waals surface area contributed by atoms with Crippen LogP contribution < -0.4 is 14.8 Å². The minimum atomic E-state index is -0.492. The van der Waals surface area contributed by atoms with Crippen LogP contribution in [0.25, 0.3) is 16.8 Å². The number of hydrogen-bond donors (Lipinski definition) is 1. The van der Waals surface area contributed by atoms with Crippen molar-refractivity contribution < 1.29 is 14.3 Å². The van der Waals surface area contributed by atoms with E-state index in [4.69, 9.17) is 9.47 Å². The lowest BCUT2D eigenvalue weighted by Crippen LogP contribution is -2.13. The highest BCUT2D eigenvalue weighted by Gasteiger charge is 2.15. The molecule has 4 rings (SSSR count). The normalized spacial score (nSPS) is 11.0. The van der Waals surface area contributed by atoms with Gasteiger partial charge in [0.05, 0.1) is 7.11 Å². The fraction of sp³-hybridized carbons (Fsp3) is 0.103. The molecule has 4 aromatic carbocycles. The van der Waals surface area contributed by atoms with Crippen LogP contribution in [0.2, 0.25) is 0 Å². The first-order valence-corrected chi connectivity index (χ1v) is 10.9. The topological polar surface area (TPSA) is 71.3 Å². The molecule has 168 valence electrons. The highest BCUT2D eigenvalue weighted by Crippen LogP contribution is 2.34. The van der Waals surface area contributed by atoms with Crippen LogP contribution in [-0.2, 0) is 11.4 Å². The molecule has 5 heteroatoms. The number of nitrogens with zero attached hydrogens (tertiary/aromatic N) is 1. The molecule has 0 aliphatic rings. The van der Waals surface area contributed by atoms with E-state index in [1.165, 1.54) is 6.08 Å². The van der Waals surface area contributed by atoms with Gasteiger partial charge in [-0.2, -0.15) is 5.26 Å². The monoisotopic (exact) mass is 448 g/mol. The van der Waals surface area contributed by atoms with Crippen LogP contribution >= 0.6 is 0 Å². The van der Waals surface area contributed by atoms with Crippen LogP contribution in [0.4, 0.5) is 5.69 Å². The fourth-order valence-corrected chi connectivity index (χ4v) is 3.67. The lowest BCUT2D eigenvalue weighted by Gasteiger charge is -2.15. The molecule has 1 N–H and O–H groups in total. The Morgan fingerprint density at radius 3 is 2.47 bits per heavy atom. The van der Waals surface area contributed by atoms with Crippen molar-refractivity contribution in [2.45, 2.75) is 13.5 Å². The van der Waals surface area contributed by atoms with Gasteiger partial charge in [0.1, 0.15) is 18.2 Å². The van der Waals surface area contributed by atoms with E-state index in [-0.39, 0.29) is 5.57 Å². The van der Waals surface area contributed by atoms with E-state index in [1.54, 1.807) is 37.4 Å². The van der Waals surface area contributed by atoms with E-state index in [0.717, 1.165) is 21.9 Å². The first-order valence-electron chi connectivity index (χ1n) is 10.9. The number of nitriles is 1. The Balaban J connectivity index is 1.63. The Morgan fingerprint density at radius 2 is 1.71 bits per heavy atom. The highest BCUT2D eigenvalue weighted by atomic mass is 16.5. The van der Waals surface area contributed by atoms with Crippen LogP contribution in [0, 0.1) is 18.3 Å². The maximum Gasteiger partial charge on any atom is 0.266 e. The van der Waals surface area contributed by atoms with Gasteiger partial charge in [0.25, 0.3) is 5.91 Å². The summed E-state index contributed by atoms with van der Waals surface area (Å²) in [6.45, 7) is 2.27. The fourth-order valence-electron chi connectivity index (χ4n) is 3.67. The van der Waals surface area contributed by atoms with Crippen molar-refractivity contribution in [3.63, 3.8) is 0 Å². The summed E-state index contributed by atoms with van der Waals surface area (Å²) in [6, 6.07) is 28.9. The van der Waals surface area contributed by atoms with Gasteiger partial charge in [0.2, 0.25) is 0 Å². The maximum absolute atomic E-state index is 12.8. The first kappa shape index (κ1) is 22.6. The van der Waals surface area contributed by atoms with Crippen molar-refractivity contribution in [3.8, 4) is 17.6 Å². The van der Waals surface area contributed by atoms with E-state index in [1.807, 2.05) is 49.4 Å². The molecule has 0 bridgehead atoms. The summed E-state index contributed by atoms with van der Waals surface area (Å²) in [5, 5.41) is 14.7. The first-order chi connectivity index (χ1) is 16.6. The molecular formula is C29H24N2O3. The quantitative estimate of drug-likeness (QED) is 0.267. The molecule has 4 aromatic rings. The van der Waals surface area contributed by atoms with Gasteiger partial charge in [-0.25, -0.2) is 0 Å². The summed E-state index contributed by atoms with van der Waals surface area (Å²) in [5.74, 6) is 0.494. The van der Waals surface area contributed by atoms with Gasteiger partial charge >= 0.3 is 0 Å². The van der Waals surface area contributed by atoms with Crippen molar-refractivity contribution >= 4 is 28.4 Å². The second kappa shape index (κ2) is 10.4. The van der Waals surface area contributed by atoms with E-state index in [0.29, 0.717) is 29.4 Å². The standard InChI is InChI=1S/C29H24N2O3/c1-20-13-15-25(16-14-20)31-29(32)24(18-30)17-22-9-6-12-27(33-2)28(22)34-19-23-10-5-8-21-7-3-4-11-26(21)23/h3-17H,19H2,1-2H3,(H,31,32)/b24-17+. The number of para-hydroxylation sites is 1. The summed E-state index contributed by atoms with van der Waals surface area (Å²) in [7, 11) is 1.56. The minimum absolute atomic E-state index is 0.0381. The van der Waals surface area contributed by atoms with E-state index >= 15 is 0 Å². The Morgan fingerprint density at radius 1 is 0.971 bits per heavy atom. The second-order valence-electron chi connectivity index (χ2n) is 7.80. The molecule has 0 fully saturated rings. The summed E-state index contributed by atoms with van der Waals surface area (Å²) in [5.41, 5.74) is 3.27. The van der Waals surface area contributed by atoms with Crippen molar-refractivity contribution in [1.82, 2.24) is 0 Å². The Hall–Kier alpha value is -4.56. The predicted molar refractivity (Wildman–Crippen MR) is 135 cm³/mol. The number of hydrogen-bond acceptors (Lipinski definition) is 4. The average molecular weight is 449 g/mol. The molecule has 0 heterocycles. The van der Waals surface area contributed by atoms with Crippen LogP contribution in [-0.4, -0.2) is 13.0 Å². The van der Waals surface area contributed by atoms with Gasteiger partial charge in [-0.1, -0.05) is 72.3 Å². The van der Waals surface area contributed by atoms with Crippen molar-refractivity contribution in [2.75, 3.05) is 12.4 Å². The van der Waals surface area contributed by atoms with Gasteiger partial charge in [0, 0.05) is 11.3 Å². The Bertz CT molecular complexity index is 1390. The number of amides is 1. The molecule has 5 nitrogen and oxygen atoms in total. The van der Waals surface area contributed by atoms with Gasteiger partial charge < -0.3 is 14.8 Å². The summed E-state index contributed by atoms with van der Waals surface area (Å²) in [6.07, 6.45) is 1.52. The van der Waals surface area contributed by atoms with Crippen LogP contribution in [0.5, 0.6) is 11.5 Å². The smallest absolute Gasteiger partial charge is 0.266 e. The number of benzene rings is 4. The number of aryl methyl sites for hydroxylation is 1. The number of anilines is 1. The molecule has 0 aliphatic carbocycles. The maximum atomic E-state index is 12.8. The number of nitrogens with one attached hydrogen (secondary N) is 1. The lowest BCUT2D eigenvalue weighted by molar-refractivity contribution is -0.112. The van der Waals surface area contributed by atoms with E-state index in [9.17, 15) is 10.1 Å². The molecule has 0 saturated heterocycles. The molecule has 0 radical (unpaired) electrons. The zero-order chi connectivity index (χ0) is 23.9. The van der Waals surface area contributed by atoms with Gasteiger partial charge in [-0.15, -0.1) is 0 Å². The molecule has 34 heavy (non-hydrogen) atoms. The molecule has 0 aliphatic heterocycles. The molecule has 1 amide bonds. The van der Waals surface area contributed by atoms with Gasteiger partial charge in [-0.3, -0.25) is 4.79 Å². The van der Waals surface area contributed by atoms with Crippen LogP contribution in [0.3, 0.4) is 0 Å². The number of rotatable bonds is 7.